The van der Waals surface area contributed by atoms with Gasteiger partial charge in [0.15, 0.2) is 0 Å². The van der Waals surface area contributed by atoms with Crippen LogP contribution in [0.5, 0.6) is 11.5 Å². The van der Waals surface area contributed by atoms with Crippen molar-refractivity contribution in [3.8, 4) is 11.5 Å². The Labute approximate surface area is 216 Å². The normalized spacial score (nSPS) is 10.8. The van der Waals surface area contributed by atoms with Gasteiger partial charge in [-0.25, -0.2) is 9.59 Å². The third-order valence-corrected chi connectivity index (χ3v) is 5.25. The van der Waals surface area contributed by atoms with Gasteiger partial charge in [0.1, 0.15) is 18.1 Å². The van der Waals surface area contributed by atoms with Crippen LogP contribution in [-0.2, 0) is 4.74 Å². The average molecular weight is 509 g/mol. The number of halogens is 1. The molecule has 0 spiro atoms. The lowest BCUT2D eigenvalue weighted by Crippen LogP contribution is -2.08. The Morgan fingerprint density at radius 3 is 1.86 bits per heavy atom. The Balaban J connectivity index is 1.49. The Bertz CT molecular complexity index is 1130. The summed E-state index contributed by atoms with van der Waals surface area (Å²) in [7, 11) is 0. The largest absolute Gasteiger partial charge is 0.494 e. The van der Waals surface area contributed by atoms with Crippen molar-refractivity contribution >= 4 is 34.9 Å². The van der Waals surface area contributed by atoms with Crippen molar-refractivity contribution in [2.45, 2.75) is 32.6 Å². The van der Waals surface area contributed by atoms with Gasteiger partial charge >= 0.3 is 11.9 Å². The van der Waals surface area contributed by atoms with E-state index in [0.29, 0.717) is 34.9 Å². The summed E-state index contributed by atoms with van der Waals surface area (Å²) < 4.78 is 16.1. The van der Waals surface area contributed by atoms with E-state index in [0.717, 1.165) is 18.6 Å². The van der Waals surface area contributed by atoms with Gasteiger partial charge in [0.2, 0.25) is 0 Å². The lowest BCUT2D eigenvalue weighted by Gasteiger charge is -2.07. The van der Waals surface area contributed by atoms with Crippen LogP contribution >= 0.6 is 11.6 Å². The van der Waals surface area contributed by atoms with Crippen LogP contribution in [0.2, 0.25) is 0 Å². The summed E-state index contributed by atoms with van der Waals surface area (Å²) in [4.78, 5) is 24.2. The summed E-state index contributed by atoms with van der Waals surface area (Å²) >= 11 is 5.52. The van der Waals surface area contributed by atoms with E-state index in [2.05, 4.69) is 17.2 Å². The highest BCUT2D eigenvalue weighted by atomic mass is 35.5. The number of esters is 2. The van der Waals surface area contributed by atoms with Crippen LogP contribution in [0.4, 0.5) is 11.4 Å². The van der Waals surface area contributed by atoms with Crippen LogP contribution in [0.1, 0.15) is 53.3 Å². The number of rotatable bonds is 13. The van der Waals surface area contributed by atoms with Gasteiger partial charge < -0.3 is 14.2 Å². The highest BCUT2D eigenvalue weighted by molar-refractivity contribution is 6.18. The zero-order valence-electron chi connectivity index (χ0n) is 20.2. The van der Waals surface area contributed by atoms with E-state index in [1.54, 1.807) is 72.8 Å². The maximum Gasteiger partial charge on any atom is 0.343 e. The number of nitrogens with zero attached hydrogens (tertiary/aromatic N) is 2. The average Bonchev–Trinajstić information content (AvgIpc) is 2.92. The molecule has 3 aromatic carbocycles. The fraction of sp³-hybridized carbons (Fsp3) is 0.286. The first kappa shape index (κ1) is 26.9. The van der Waals surface area contributed by atoms with Crippen LogP contribution in [0.15, 0.2) is 83.0 Å². The fourth-order valence-corrected chi connectivity index (χ4v) is 3.22. The van der Waals surface area contributed by atoms with Gasteiger partial charge in [0.25, 0.3) is 0 Å². The molecule has 0 aliphatic heterocycles. The first-order valence-electron chi connectivity index (χ1n) is 11.9. The molecular weight excluding hydrogens is 480 g/mol. The quantitative estimate of drug-likeness (QED) is 0.0776. The second kappa shape index (κ2) is 14.6. The van der Waals surface area contributed by atoms with Crippen LogP contribution in [0.3, 0.4) is 0 Å². The smallest absolute Gasteiger partial charge is 0.343 e. The SMILES string of the molecule is CCCCCCOc1ccc(C(=O)Oc2ccc(N=Nc3ccc(C(=O)OCCCl)cc3)cc2)cc1. The molecule has 3 rings (SSSR count). The number of carbonyl (C=O) groups excluding carboxylic acids is 2. The molecule has 0 aliphatic rings. The van der Waals surface area contributed by atoms with E-state index in [1.807, 2.05) is 0 Å². The molecule has 0 atom stereocenters. The van der Waals surface area contributed by atoms with Gasteiger partial charge in [0.05, 0.1) is 35.0 Å². The molecular formula is C28H29ClN2O5. The van der Waals surface area contributed by atoms with Crippen LogP contribution in [0.25, 0.3) is 0 Å². The van der Waals surface area contributed by atoms with E-state index in [-0.39, 0.29) is 12.5 Å². The second-order valence-corrected chi connectivity index (χ2v) is 8.27. The summed E-state index contributed by atoms with van der Waals surface area (Å²) in [6, 6.07) is 20.2. The van der Waals surface area contributed by atoms with Gasteiger partial charge in [-0.15, -0.1) is 11.6 Å². The molecule has 3 aromatic rings. The predicted molar refractivity (Wildman–Crippen MR) is 139 cm³/mol. The second-order valence-electron chi connectivity index (χ2n) is 7.89. The van der Waals surface area contributed by atoms with Crippen LogP contribution in [0, 0.1) is 0 Å². The number of benzene rings is 3. The van der Waals surface area contributed by atoms with E-state index in [1.165, 1.54) is 12.8 Å². The maximum atomic E-state index is 12.4. The Hall–Kier alpha value is -3.71. The third-order valence-electron chi connectivity index (χ3n) is 5.10. The summed E-state index contributed by atoms with van der Waals surface area (Å²) in [6.45, 7) is 3.00. The molecule has 0 aromatic heterocycles. The zero-order chi connectivity index (χ0) is 25.6. The molecule has 0 amide bonds. The first-order chi connectivity index (χ1) is 17.6. The zero-order valence-corrected chi connectivity index (χ0v) is 20.9. The molecule has 0 fully saturated rings. The van der Waals surface area contributed by atoms with Crippen molar-refractivity contribution in [2.24, 2.45) is 10.2 Å². The molecule has 0 aliphatic carbocycles. The lowest BCUT2D eigenvalue weighted by molar-refractivity contribution is 0.0528. The van der Waals surface area contributed by atoms with E-state index >= 15 is 0 Å². The molecule has 0 N–H and O–H groups in total. The monoisotopic (exact) mass is 508 g/mol. The van der Waals surface area contributed by atoms with Crippen molar-refractivity contribution in [3.63, 3.8) is 0 Å². The Morgan fingerprint density at radius 2 is 1.25 bits per heavy atom. The minimum Gasteiger partial charge on any atom is -0.494 e. The molecule has 0 unspecified atom stereocenters. The lowest BCUT2D eigenvalue weighted by atomic mass is 10.2. The highest BCUT2D eigenvalue weighted by Crippen LogP contribution is 2.23. The topological polar surface area (TPSA) is 86.5 Å². The summed E-state index contributed by atoms with van der Waals surface area (Å²) in [5, 5.41) is 8.32. The molecule has 0 radical (unpaired) electrons. The van der Waals surface area contributed by atoms with Gasteiger partial charge in [-0.2, -0.15) is 10.2 Å². The van der Waals surface area contributed by atoms with Crippen molar-refractivity contribution in [2.75, 3.05) is 19.1 Å². The first-order valence-corrected chi connectivity index (χ1v) is 12.4. The number of hydrogen-bond donors (Lipinski definition) is 0. The number of azo groups is 1. The van der Waals surface area contributed by atoms with Crippen molar-refractivity contribution in [1.29, 1.82) is 0 Å². The van der Waals surface area contributed by atoms with Crippen LogP contribution in [-0.4, -0.2) is 31.0 Å². The minimum absolute atomic E-state index is 0.160. The number of unbranched alkanes of at least 4 members (excludes halogenated alkanes) is 3. The van der Waals surface area contributed by atoms with Gasteiger partial charge in [-0.1, -0.05) is 26.2 Å². The van der Waals surface area contributed by atoms with Crippen molar-refractivity contribution < 1.29 is 23.8 Å². The van der Waals surface area contributed by atoms with E-state index in [9.17, 15) is 9.59 Å². The van der Waals surface area contributed by atoms with Gasteiger partial charge in [0, 0.05) is 0 Å². The number of alkyl halides is 1. The third kappa shape index (κ3) is 8.82. The molecule has 188 valence electrons. The highest BCUT2D eigenvalue weighted by Gasteiger charge is 2.09. The standard InChI is InChI=1S/C28H29ClN2O5/c1-2-3-4-5-19-34-25-14-8-22(9-15-25)28(33)36-26-16-12-24(13-17-26)31-30-23-10-6-21(7-11-23)27(32)35-20-18-29/h6-17H,2-5,18-20H2,1H3. The molecule has 8 heteroatoms. The predicted octanol–water partition coefficient (Wildman–Crippen LogP) is 7.68. The summed E-state index contributed by atoms with van der Waals surface area (Å²) in [5.74, 6) is 0.487. The van der Waals surface area contributed by atoms with Gasteiger partial charge in [-0.05, 0) is 79.2 Å². The Kier molecular flexibility index (Phi) is 10.9. The minimum atomic E-state index is -0.455. The fourth-order valence-electron chi connectivity index (χ4n) is 3.15. The molecule has 0 saturated heterocycles. The molecule has 7 nitrogen and oxygen atoms in total. The van der Waals surface area contributed by atoms with E-state index < -0.39 is 11.9 Å². The van der Waals surface area contributed by atoms with Crippen molar-refractivity contribution in [3.05, 3.63) is 83.9 Å². The van der Waals surface area contributed by atoms with Gasteiger partial charge in [-0.3, -0.25) is 0 Å². The number of hydrogen-bond acceptors (Lipinski definition) is 7. The number of ether oxygens (including phenoxy) is 3. The summed E-state index contributed by atoms with van der Waals surface area (Å²) in [6.07, 6.45) is 4.57. The molecule has 0 heterocycles. The molecule has 36 heavy (non-hydrogen) atoms. The van der Waals surface area contributed by atoms with Crippen molar-refractivity contribution in [1.82, 2.24) is 0 Å². The van der Waals surface area contributed by atoms with E-state index in [4.69, 9.17) is 25.8 Å². The molecule has 0 saturated carbocycles. The molecule has 0 bridgehead atoms. The number of carbonyl (C=O) groups is 2. The Morgan fingerprint density at radius 1 is 0.694 bits per heavy atom. The van der Waals surface area contributed by atoms with Crippen LogP contribution < -0.4 is 9.47 Å². The summed E-state index contributed by atoms with van der Waals surface area (Å²) in [5.41, 5.74) is 2.01. The maximum absolute atomic E-state index is 12.4.